The number of Topliss-reactive ketones (excluding diaryl/α,β-unsaturated/α-hetero) is 1. The second-order valence-electron chi connectivity index (χ2n) is 4.27. The van der Waals surface area contributed by atoms with Crippen molar-refractivity contribution in [1.82, 2.24) is 0 Å². The largest absolute Gasteiger partial charge is 0.421 e. The van der Waals surface area contributed by atoms with Gasteiger partial charge in [-0.05, 0) is 56.1 Å². The molecule has 0 aliphatic rings. The molecule has 0 N–H and O–H groups in total. The molecule has 0 aromatic heterocycles. The molecule has 21 heavy (non-hydrogen) atoms. The van der Waals surface area contributed by atoms with E-state index in [4.69, 9.17) is 4.74 Å². The number of halogens is 2. The topological polar surface area (TPSA) is 43.4 Å². The molecule has 0 bridgehead atoms. The van der Waals surface area contributed by atoms with Crippen LogP contribution in [-0.2, 0) is 0 Å². The van der Waals surface area contributed by atoms with Crippen molar-refractivity contribution in [3.63, 3.8) is 0 Å². The first-order chi connectivity index (χ1) is 10.0. The standard InChI is InChI=1S/C16H12Br2O3/c1-2-13(19)11-8-9-12(17)14(18)15(11)21-16(20)10-6-4-3-5-7-10/h3-9H,2H2,1H3. The molecule has 0 radical (unpaired) electrons. The SMILES string of the molecule is CCC(=O)c1ccc(Br)c(Br)c1OC(=O)c1ccccc1. The molecule has 2 aromatic carbocycles. The Morgan fingerprint density at radius 2 is 1.71 bits per heavy atom. The molecule has 0 aliphatic heterocycles. The van der Waals surface area contributed by atoms with E-state index in [0.29, 0.717) is 26.5 Å². The second kappa shape index (κ2) is 7.00. The van der Waals surface area contributed by atoms with Gasteiger partial charge in [0.1, 0.15) is 0 Å². The minimum absolute atomic E-state index is 0.0842. The van der Waals surface area contributed by atoms with Gasteiger partial charge in [-0.3, -0.25) is 4.79 Å². The summed E-state index contributed by atoms with van der Waals surface area (Å²) in [7, 11) is 0. The summed E-state index contributed by atoms with van der Waals surface area (Å²) >= 11 is 6.70. The van der Waals surface area contributed by atoms with Gasteiger partial charge in [-0.1, -0.05) is 25.1 Å². The van der Waals surface area contributed by atoms with Crippen LogP contribution in [0.4, 0.5) is 0 Å². The van der Waals surface area contributed by atoms with Crippen molar-refractivity contribution in [2.45, 2.75) is 13.3 Å². The Hall–Kier alpha value is -1.46. The molecule has 0 fully saturated rings. The number of rotatable bonds is 4. The normalized spacial score (nSPS) is 10.2. The van der Waals surface area contributed by atoms with E-state index in [2.05, 4.69) is 31.9 Å². The van der Waals surface area contributed by atoms with Crippen molar-refractivity contribution in [2.24, 2.45) is 0 Å². The molecule has 0 atom stereocenters. The molecular formula is C16H12Br2O3. The van der Waals surface area contributed by atoms with E-state index in [1.54, 1.807) is 43.3 Å². The van der Waals surface area contributed by atoms with E-state index in [0.717, 1.165) is 0 Å². The average Bonchev–Trinajstić information content (AvgIpc) is 2.52. The summed E-state index contributed by atoms with van der Waals surface area (Å²) < 4.78 is 6.69. The van der Waals surface area contributed by atoms with Gasteiger partial charge in [0.2, 0.25) is 0 Å². The van der Waals surface area contributed by atoms with Gasteiger partial charge in [-0.15, -0.1) is 0 Å². The average molecular weight is 412 g/mol. The van der Waals surface area contributed by atoms with Crippen molar-refractivity contribution in [3.05, 3.63) is 62.5 Å². The Kier molecular flexibility index (Phi) is 5.31. The van der Waals surface area contributed by atoms with Crippen LogP contribution in [0.3, 0.4) is 0 Å². The third-order valence-corrected chi connectivity index (χ3v) is 4.86. The lowest BCUT2D eigenvalue weighted by Crippen LogP contribution is -2.12. The quantitative estimate of drug-likeness (QED) is 0.402. The number of benzene rings is 2. The Morgan fingerprint density at radius 1 is 1.05 bits per heavy atom. The van der Waals surface area contributed by atoms with Crippen LogP contribution < -0.4 is 4.74 Å². The summed E-state index contributed by atoms with van der Waals surface area (Å²) in [6.07, 6.45) is 0.337. The minimum Gasteiger partial charge on any atom is -0.421 e. The van der Waals surface area contributed by atoms with Crippen LogP contribution in [0.25, 0.3) is 0 Å². The van der Waals surface area contributed by atoms with Crippen molar-refractivity contribution in [1.29, 1.82) is 0 Å². The first kappa shape index (κ1) is 15.9. The van der Waals surface area contributed by atoms with Crippen LogP contribution in [0.2, 0.25) is 0 Å². The van der Waals surface area contributed by atoms with Crippen LogP contribution in [0.15, 0.2) is 51.4 Å². The van der Waals surface area contributed by atoms with Gasteiger partial charge >= 0.3 is 5.97 Å². The lowest BCUT2D eigenvalue weighted by atomic mass is 10.1. The summed E-state index contributed by atoms with van der Waals surface area (Å²) in [5, 5.41) is 0. The highest BCUT2D eigenvalue weighted by atomic mass is 79.9. The maximum Gasteiger partial charge on any atom is 0.343 e. The molecule has 5 heteroatoms. The number of hydrogen-bond donors (Lipinski definition) is 0. The molecule has 0 unspecified atom stereocenters. The Balaban J connectivity index is 2.41. The fourth-order valence-electron chi connectivity index (χ4n) is 1.77. The van der Waals surface area contributed by atoms with Gasteiger partial charge < -0.3 is 4.74 Å². The van der Waals surface area contributed by atoms with Crippen molar-refractivity contribution < 1.29 is 14.3 Å². The minimum atomic E-state index is -0.500. The maximum atomic E-state index is 12.2. The highest BCUT2D eigenvalue weighted by Crippen LogP contribution is 2.36. The molecule has 0 saturated heterocycles. The van der Waals surface area contributed by atoms with Gasteiger partial charge in [0.05, 0.1) is 15.6 Å². The highest BCUT2D eigenvalue weighted by molar-refractivity contribution is 9.13. The molecule has 3 nitrogen and oxygen atoms in total. The zero-order valence-corrected chi connectivity index (χ0v) is 14.4. The number of carbonyl (C=O) groups excluding carboxylic acids is 2. The Morgan fingerprint density at radius 3 is 2.33 bits per heavy atom. The van der Waals surface area contributed by atoms with Crippen LogP contribution in [0, 0.1) is 0 Å². The summed E-state index contributed by atoms with van der Waals surface area (Å²) in [6.45, 7) is 1.76. The number of ether oxygens (including phenoxy) is 1. The summed E-state index contributed by atoms with van der Waals surface area (Å²) in [4.78, 5) is 24.2. The Labute approximate surface area is 139 Å². The van der Waals surface area contributed by atoms with Crippen molar-refractivity contribution in [2.75, 3.05) is 0 Å². The van der Waals surface area contributed by atoms with E-state index in [1.807, 2.05) is 6.07 Å². The van der Waals surface area contributed by atoms with Gasteiger partial charge in [0, 0.05) is 10.9 Å². The van der Waals surface area contributed by atoms with Crippen molar-refractivity contribution >= 4 is 43.6 Å². The second-order valence-corrected chi connectivity index (χ2v) is 5.92. The third kappa shape index (κ3) is 3.60. The smallest absolute Gasteiger partial charge is 0.343 e. The molecule has 2 rings (SSSR count). The predicted octanol–water partition coefficient (Wildman–Crippen LogP) is 5.02. The van der Waals surface area contributed by atoms with E-state index in [9.17, 15) is 9.59 Å². The summed E-state index contributed by atoms with van der Waals surface area (Å²) in [5.41, 5.74) is 0.816. The van der Waals surface area contributed by atoms with Gasteiger partial charge in [0.15, 0.2) is 11.5 Å². The molecular weight excluding hydrogens is 400 g/mol. The van der Waals surface area contributed by atoms with Gasteiger partial charge in [0.25, 0.3) is 0 Å². The van der Waals surface area contributed by atoms with E-state index < -0.39 is 5.97 Å². The van der Waals surface area contributed by atoms with Crippen LogP contribution in [0.1, 0.15) is 34.1 Å². The van der Waals surface area contributed by atoms with Crippen molar-refractivity contribution in [3.8, 4) is 5.75 Å². The van der Waals surface area contributed by atoms with Crippen LogP contribution in [-0.4, -0.2) is 11.8 Å². The fraction of sp³-hybridized carbons (Fsp3) is 0.125. The highest BCUT2D eigenvalue weighted by Gasteiger charge is 2.20. The predicted molar refractivity (Wildman–Crippen MR) is 87.9 cm³/mol. The number of hydrogen-bond acceptors (Lipinski definition) is 3. The van der Waals surface area contributed by atoms with E-state index in [-0.39, 0.29) is 11.5 Å². The monoisotopic (exact) mass is 410 g/mol. The summed E-state index contributed by atoms with van der Waals surface area (Å²) in [5.74, 6) is -0.344. The number of ketones is 1. The first-order valence-corrected chi connectivity index (χ1v) is 7.91. The zero-order chi connectivity index (χ0) is 15.4. The van der Waals surface area contributed by atoms with Gasteiger partial charge in [-0.25, -0.2) is 4.79 Å². The van der Waals surface area contributed by atoms with Crippen LogP contribution >= 0.6 is 31.9 Å². The third-order valence-electron chi connectivity index (χ3n) is 2.88. The fourth-order valence-corrected chi connectivity index (χ4v) is 2.51. The number of carbonyl (C=O) groups is 2. The molecule has 2 aromatic rings. The zero-order valence-electron chi connectivity index (χ0n) is 11.2. The molecule has 0 heterocycles. The lowest BCUT2D eigenvalue weighted by Gasteiger charge is -2.12. The molecule has 0 saturated carbocycles. The van der Waals surface area contributed by atoms with E-state index in [1.165, 1.54) is 0 Å². The summed E-state index contributed by atoms with van der Waals surface area (Å²) in [6, 6.07) is 12.0. The maximum absolute atomic E-state index is 12.2. The molecule has 0 spiro atoms. The van der Waals surface area contributed by atoms with E-state index >= 15 is 0 Å². The molecule has 0 aliphatic carbocycles. The Bertz CT molecular complexity index is 681. The first-order valence-electron chi connectivity index (χ1n) is 6.33. The van der Waals surface area contributed by atoms with Gasteiger partial charge in [-0.2, -0.15) is 0 Å². The molecule has 0 amide bonds. The lowest BCUT2D eigenvalue weighted by molar-refractivity contribution is 0.0731. The number of esters is 1. The van der Waals surface area contributed by atoms with Crippen LogP contribution in [0.5, 0.6) is 5.75 Å². The molecule has 108 valence electrons.